The molecule has 0 aliphatic carbocycles. The molecule has 2 amide bonds. The maximum absolute atomic E-state index is 13.5. The van der Waals surface area contributed by atoms with Crippen LogP contribution in [0.2, 0.25) is 0 Å². The van der Waals surface area contributed by atoms with Gasteiger partial charge in [-0.25, -0.2) is 18.0 Å². The van der Waals surface area contributed by atoms with Gasteiger partial charge < -0.3 is 24.6 Å². The number of hydrogen-bond acceptors (Lipinski definition) is 8. The first kappa shape index (κ1) is 34.0. The molecular weight excluding hydrogens is 572 g/mol. The predicted molar refractivity (Wildman–Crippen MR) is 163 cm³/mol. The lowest BCUT2D eigenvalue weighted by Crippen LogP contribution is -2.52. The number of carbonyl (C=O) groups is 3. The second-order valence-electron chi connectivity index (χ2n) is 12.1. The molecule has 1 N–H and O–H groups in total. The first-order valence-corrected chi connectivity index (χ1v) is 15.8. The van der Waals surface area contributed by atoms with Crippen LogP contribution in [0.5, 0.6) is 5.75 Å². The summed E-state index contributed by atoms with van der Waals surface area (Å²) in [6.07, 6.45) is 0.455. The normalized spacial score (nSPS) is 16.5. The number of likely N-dealkylation sites (N-methyl/N-ethyl adjacent to an activating group) is 2. The van der Waals surface area contributed by atoms with E-state index in [-0.39, 0.29) is 17.9 Å². The van der Waals surface area contributed by atoms with Crippen molar-refractivity contribution >= 4 is 28.0 Å². The Balaban J connectivity index is 1.74. The van der Waals surface area contributed by atoms with Gasteiger partial charge in [0.15, 0.2) is 0 Å². The van der Waals surface area contributed by atoms with E-state index in [1.807, 2.05) is 25.9 Å². The Hall–Kier alpha value is -3.48. The molecule has 1 heterocycles. The third-order valence-corrected chi connectivity index (χ3v) is 8.83. The molecule has 2 aromatic carbocycles. The van der Waals surface area contributed by atoms with Gasteiger partial charge in [0.05, 0.1) is 4.90 Å². The van der Waals surface area contributed by atoms with E-state index in [2.05, 4.69) is 5.32 Å². The molecule has 11 nitrogen and oxygen atoms in total. The molecule has 2 atom stereocenters. The van der Waals surface area contributed by atoms with Gasteiger partial charge in [-0.05, 0) is 84.5 Å². The fourth-order valence-electron chi connectivity index (χ4n) is 4.52. The number of amides is 2. The summed E-state index contributed by atoms with van der Waals surface area (Å²) in [4.78, 5) is 42.6. The number of aryl methyl sites for hydroxylation is 1. The highest BCUT2D eigenvalue weighted by Crippen LogP contribution is 2.27. The van der Waals surface area contributed by atoms with E-state index in [1.54, 1.807) is 64.2 Å². The Morgan fingerprint density at radius 2 is 1.63 bits per heavy atom. The maximum Gasteiger partial charge on any atom is 0.415 e. The smallest absolute Gasteiger partial charge is 0.415 e. The van der Waals surface area contributed by atoms with Crippen LogP contribution >= 0.6 is 0 Å². The molecule has 0 bridgehead atoms. The molecule has 0 radical (unpaired) electrons. The summed E-state index contributed by atoms with van der Waals surface area (Å²) in [7, 11) is 1.58. The predicted octanol–water partition coefficient (Wildman–Crippen LogP) is 3.21. The van der Waals surface area contributed by atoms with E-state index >= 15 is 0 Å². The van der Waals surface area contributed by atoms with E-state index in [1.165, 1.54) is 21.3 Å². The molecule has 0 saturated carbocycles. The third kappa shape index (κ3) is 9.77. The Labute approximate surface area is 255 Å². The van der Waals surface area contributed by atoms with Crippen LogP contribution in [0.4, 0.5) is 4.79 Å². The molecule has 1 aliphatic heterocycles. The van der Waals surface area contributed by atoms with Crippen molar-refractivity contribution in [3.8, 4) is 5.75 Å². The summed E-state index contributed by atoms with van der Waals surface area (Å²) < 4.78 is 39.0. The summed E-state index contributed by atoms with van der Waals surface area (Å²) in [5.41, 5.74) is 0.811. The second-order valence-corrected chi connectivity index (χ2v) is 14.0. The van der Waals surface area contributed by atoms with Gasteiger partial charge in [-0.2, -0.15) is 4.31 Å². The molecule has 1 aliphatic rings. The monoisotopic (exact) mass is 616 g/mol. The molecule has 12 heteroatoms. The molecule has 1 saturated heterocycles. The number of rotatable bonds is 11. The maximum atomic E-state index is 13.5. The molecule has 0 aromatic heterocycles. The Kier molecular flexibility index (Phi) is 11.3. The third-order valence-electron chi connectivity index (χ3n) is 6.90. The van der Waals surface area contributed by atoms with Gasteiger partial charge in [0.1, 0.15) is 23.4 Å². The standard InChI is InChI=1S/C31H44N4O7S/c1-22-10-16-25(17-11-22)43(39,40)35-18-8-9-27(35)28(36)32-26(29(37)42-31(2,3)4)21-23-12-14-24(15-13-23)41-30(38)34(7)20-19-33(5)6/h10-17,26-27H,8-9,18-21H2,1-7H3,(H,32,36)/t26-,27-/m0/s1. The number of carbonyl (C=O) groups excluding carboxylic acids is 3. The van der Waals surface area contributed by atoms with Crippen LogP contribution in [-0.2, 0) is 30.8 Å². The summed E-state index contributed by atoms with van der Waals surface area (Å²) in [6.45, 7) is 8.46. The second kappa shape index (κ2) is 14.3. The molecule has 0 spiro atoms. The quantitative estimate of drug-likeness (QED) is 0.382. The molecule has 236 valence electrons. The SMILES string of the molecule is Cc1ccc(S(=O)(=O)N2CCC[C@H]2C(=O)N[C@@H](Cc2ccc(OC(=O)N(C)CCN(C)C)cc2)C(=O)OC(C)(C)C)cc1. The van der Waals surface area contributed by atoms with Crippen LogP contribution < -0.4 is 10.1 Å². The van der Waals surface area contributed by atoms with E-state index in [0.717, 1.165) is 5.56 Å². The molecule has 43 heavy (non-hydrogen) atoms. The highest BCUT2D eigenvalue weighted by Gasteiger charge is 2.41. The number of nitrogens with zero attached hydrogens (tertiary/aromatic N) is 3. The average molecular weight is 617 g/mol. The van der Waals surface area contributed by atoms with Crippen LogP contribution in [-0.4, -0.2) is 99.0 Å². The Morgan fingerprint density at radius 3 is 2.21 bits per heavy atom. The van der Waals surface area contributed by atoms with Crippen molar-refractivity contribution in [2.75, 3.05) is 40.8 Å². The fourth-order valence-corrected chi connectivity index (χ4v) is 6.18. The van der Waals surface area contributed by atoms with Crippen LogP contribution in [0.25, 0.3) is 0 Å². The number of ether oxygens (including phenoxy) is 2. The lowest BCUT2D eigenvalue weighted by Gasteiger charge is -2.28. The molecule has 0 unspecified atom stereocenters. The number of hydrogen-bond donors (Lipinski definition) is 1. The summed E-state index contributed by atoms with van der Waals surface area (Å²) in [5, 5.41) is 2.76. The number of sulfonamides is 1. The number of nitrogens with one attached hydrogen (secondary N) is 1. The van der Waals surface area contributed by atoms with E-state index in [4.69, 9.17) is 9.47 Å². The van der Waals surface area contributed by atoms with Crippen LogP contribution in [0.3, 0.4) is 0 Å². The molecule has 2 aromatic rings. The van der Waals surface area contributed by atoms with E-state index in [0.29, 0.717) is 37.2 Å². The van der Waals surface area contributed by atoms with Gasteiger partial charge in [-0.15, -0.1) is 0 Å². The van der Waals surface area contributed by atoms with Crippen molar-refractivity contribution in [1.82, 2.24) is 19.4 Å². The van der Waals surface area contributed by atoms with Crippen molar-refractivity contribution in [1.29, 1.82) is 0 Å². The summed E-state index contributed by atoms with van der Waals surface area (Å²) in [5.74, 6) is -0.855. The van der Waals surface area contributed by atoms with E-state index < -0.39 is 45.7 Å². The highest BCUT2D eigenvalue weighted by molar-refractivity contribution is 7.89. The largest absolute Gasteiger partial charge is 0.458 e. The van der Waals surface area contributed by atoms with Crippen LogP contribution in [0, 0.1) is 6.92 Å². The van der Waals surface area contributed by atoms with Crippen LogP contribution in [0.15, 0.2) is 53.4 Å². The first-order chi connectivity index (χ1) is 20.1. The van der Waals surface area contributed by atoms with Crippen molar-refractivity contribution in [2.45, 2.75) is 69.5 Å². The number of benzene rings is 2. The average Bonchev–Trinajstić information content (AvgIpc) is 3.43. The van der Waals surface area contributed by atoms with Gasteiger partial charge in [-0.1, -0.05) is 29.8 Å². The Morgan fingerprint density at radius 1 is 1.00 bits per heavy atom. The minimum atomic E-state index is -3.91. The lowest BCUT2D eigenvalue weighted by atomic mass is 10.0. The summed E-state index contributed by atoms with van der Waals surface area (Å²) in [6, 6.07) is 11.1. The molecule has 3 rings (SSSR count). The first-order valence-electron chi connectivity index (χ1n) is 14.3. The lowest BCUT2D eigenvalue weighted by molar-refractivity contribution is -0.158. The van der Waals surface area contributed by atoms with Gasteiger partial charge >= 0.3 is 12.1 Å². The van der Waals surface area contributed by atoms with Crippen molar-refractivity contribution in [3.63, 3.8) is 0 Å². The fraction of sp³-hybridized carbons (Fsp3) is 0.516. The highest BCUT2D eigenvalue weighted by atomic mass is 32.2. The topological polar surface area (TPSA) is 126 Å². The minimum Gasteiger partial charge on any atom is -0.458 e. The van der Waals surface area contributed by atoms with E-state index in [9.17, 15) is 22.8 Å². The van der Waals surface area contributed by atoms with Gasteiger partial charge in [0.25, 0.3) is 0 Å². The van der Waals surface area contributed by atoms with Crippen molar-refractivity contribution in [3.05, 3.63) is 59.7 Å². The summed E-state index contributed by atoms with van der Waals surface area (Å²) >= 11 is 0. The zero-order valence-electron chi connectivity index (χ0n) is 26.1. The van der Waals surface area contributed by atoms with Gasteiger partial charge in [0, 0.05) is 33.1 Å². The zero-order valence-corrected chi connectivity index (χ0v) is 26.9. The molecular formula is C31H44N4O7S. The molecule has 1 fully saturated rings. The zero-order chi connectivity index (χ0) is 31.9. The van der Waals surface area contributed by atoms with Crippen LogP contribution in [0.1, 0.15) is 44.7 Å². The number of esters is 1. The minimum absolute atomic E-state index is 0.0923. The van der Waals surface area contributed by atoms with Gasteiger partial charge in [0.2, 0.25) is 15.9 Å². The van der Waals surface area contributed by atoms with Crippen molar-refractivity contribution < 1.29 is 32.3 Å². The Bertz CT molecular complexity index is 1370. The van der Waals surface area contributed by atoms with Crippen molar-refractivity contribution in [2.24, 2.45) is 0 Å². The van der Waals surface area contributed by atoms with Gasteiger partial charge in [-0.3, -0.25) is 4.79 Å².